The summed E-state index contributed by atoms with van der Waals surface area (Å²) in [6.45, 7) is 1.79. The van der Waals surface area contributed by atoms with Gasteiger partial charge in [-0.1, -0.05) is 36.4 Å². The SMILES string of the molecule is c1ccc2c(c1)ncc1c3ccccc3n(CCCn3cncn3)c21. The highest BCUT2D eigenvalue weighted by molar-refractivity contribution is 6.16. The van der Waals surface area contributed by atoms with Gasteiger partial charge >= 0.3 is 0 Å². The van der Waals surface area contributed by atoms with Crippen LogP contribution in [0.2, 0.25) is 0 Å². The van der Waals surface area contributed by atoms with E-state index in [9.17, 15) is 0 Å². The van der Waals surface area contributed by atoms with Crippen LogP contribution in [0.15, 0.2) is 67.4 Å². The van der Waals surface area contributed by atoms with E-state index < -0.39 is 0 Å². The third-order valence-electron chi connectivity index (χ3n) is 4.74. The predicted molar refractivity (Wildman–Crippen MR) is 99.4 cm³/mol. The number of benzene rings is 2. The average Bonchev–Trinajstić information content (AvgIpc) is 3.29. The molecule has 0 amide bonds. The van der Waals surface area contributed by atoms with Crippen LogP contribution in [0.3, 0.4) is 0 Å². The number of aromatic nitrogens is 5. The molecule has 3 aromatic heterocycles. The zero-order valence-electron chi connectivity index (χ0n) is 13.7. The van der Waals surface area contributed by atoms with Gasteiger partial charge in [-0.05, 0) is 18.6 Å². The predicted octanol–water partition coefficient (Wildman–Crippen LogP) is 4.02. The van der Waals surface area contributed by atoms with Crippen molar-refractivity contribution in [2.24, 2.45) is 0 Å². The summed E-state index contributed by atoms with van der Waals surface area (Å²) in [6.07, 6.45) is 6.35. The molecule has 5 aromatic rings. The van der Waals surface area contributed by atoms with Crippen LogP contribution in [0.25, 0.3) is 32.7 Å². The van der Waals surface area contributed by atoms with Crippen LogP contribution < -0.4 is 0 Å². The van der Waals surface area contributed by atoms with Gasteiger partial charge in [-0.3, -0.25) is 9.67 Å². The van der Waals surface area contributed by atoms with Gasteiger partial charge in [0.2, 0.25) is 0 Å². The Labute approximate surface area is 144 Å². The second kappa shape index (κ2) is 5.70. The molecule has 25 heavy (non-hydrogen) atoms. The van der Waals surface area contributed by atoms with E-state index in [0.717, 1.165) is 25.0 Å². The smallest absolute Gasteiger partial charge is 0.137 e. The fraction of sp³-hybridized carbons (Fsp3) is 0.150. The van der Waals surface area contributed by atoms with E-state index in [-0.39, 0.29) is 0 Å². The van der Waals surface area contributed by atoms with Crippen molar-refractivity contribution in [2.75, 3.05) is 0 Å². The zero-order chi connectivity index (χ0) is 16.6. The van der Waals surface area contributed by atoms with Crippen molar-refractivity contribution < 1.29 is 0 Å². The summed E-state index contributed by atoms with van der Waals surface area (Å²) >= 11 is 0. The van der Waals surface area contributed by atoms with Crippen molar-refractivity contribution >= 4 is 32.7 Å². The summed E-state index contributed by atoms with van der Waals surface area (Å²) in [7, 11) is 0. The Morgan fingerprint density at radius 2 is 1.68 bits per heavy atom. The van der Waals surface area contributed by atoms with Gasteiger partial charge in [0.1, 0.15) is 12.7 Å². The lowest BCUT2D eigenvalue weighted by molar-refractivity contribution is 0.538. The quantitative estimate of drug-likeness (QED) is 0.501. The van der Waals surface area contributed by atoms with Crippen LogP contribution in [0.5, 0.6) is 0 Å². The first kappa shape index (κ1) is 14.2. The summed E-state index contributed by atoms with van der Waals surface area (Å²) in [5.74, 6) is 0. The molecule has 3 heterocycles. The maximum atomic E-state index is 4.66. The van der Waals surface area contributed by atoms with Crippen LogP contribution in [-0.4, -0.2) is 24.3 Å². The van der Waals surface area contributed by atoms with Crippen LogP contribution >= 0.6 is 0 Å². The molecule has 5 rings (SSSR count). The molecule has 122 valence electrons. The van der Waals surface area contributed by atoms with Crippen molar-refractivity contribution in [1.82, 2.24) is 24.3 Å². The number of aryl methyl sites for hydroxylation is 2. The molecule has 0 saturated carbocycles. The summed E-state index contributed by atoms with van der Waals surface area (Å²) in [5.41, 5.74) is 3.56. The molecule has 0 spiro atoms. The molecule has 5 heteroatoms. The molecule has 0 aliphatic heterocycles. The summed E-state index contributed by atoms with van der Waals surface area (Å²) < 4.78 is 4.30. The number of hydrogen-bond acceptors (Lipinski definition) is 3. The fourth-order valence-electron chi connectivity index (χ4n) is 3.64. The fourth-order valence-corrected chi connectivity index (χ4v) is 3.64. The minimum absolute atomic E-state index is 0.858. The van der Waals surface area contributed by atoms with E-state index in [1.54, 1.807) is 12.7 Å². The Morgan fingerprint density at radius 1 is 0.840 bits per heavy atom. The molecular formula is C20H17N5. The number of pyridine rings is 1. The topological polar surface area (TPSA) is 48.5 Å². The molecule has 0 bridgehead atoms. The molecule has 0 saturated heterocycles. The standard InChI is InChI=1S/C20H17N5/c1-3-8-18-16(7-1)20-17(12-22-18)15-6-2-4-9-19(15)25(20)11-5-10-24-14-21-13-23-24/h1-4,6-9,12-14H,5,10-11H2. The van der Waals surface area contributed by atoms with E-state index in [1.165, 1.54) is 27.2 Å². The molecule has 0 unspecified atom stereocenters. The van der Waals surface area contributed by atoms with Gasteiger partial charge in [0.05, 0.1) is 11.0 Å². The van der Waals surface area contributed by atoms with Gasteiger partial charge < -0.3 is 4.57 Å². The second-order valence-electron chi connectivity index (χ2n) is 6.22. The highest BCUT2D eigenvalue weighted by Gasteiger charge is 2.13. The molecule has 0 fully saturated rings. The summed E-state index contributed by atoms with van der Waals surface area (Å²) in [4.78, 5) is 8.67. The Balaban J connectivity index is 1.69. The third-order valence-corrected chi connectivity index (χ3v) is 4.74. The van der Waals surface area contributed by atoms with E-state index in [0.29, 0.717) is 0 Å². The van der Waals surface area contributed by atoms with Crippen molar-refractivity contribution in [2.45, 2.75) is 19.5 Å². The third kappa shape index (κ3) is 2.28. The van der Waals surface area contributed by atoms with Gasteiger partial charge in [-0.25, -0.2) is 4.98 Å². The van der Waals surface area contributed by atoms with Crippen molar-refractivity contribution in [1.29, 1.82) is 0 Å². The van der Waals surface area contributed by atoms with E-state index in [2.05, 4.69) is 62.1 Å². The van der Waals surface area contributed by atoms with Crippen LogP contribution in [0, 0.1) is 0 Å². The lowest BCUT2D eigenvalue weighted by atomic mass is 10.1. The Morgan fingerprint density at radius 3 is 2.56 bits per heavy atom. The number of nitrogens with zero attached hydrogens (tertiary/aromatic N) is 5. The highest BCUT2D eigenvalue weighted by Crippen LogP contribution is 2.33. The average molecular weight is 327 g/mol. The molecule has 0 radical (unpaired) electrons. The number of fused-ring (bicyclic) bond motifs is 5. The molecule has 0 N–H and O–H groups in total. The summed E-state index contributed by atoms with van der Waals surface area (Å²) in [5, 5.41) is 7.88. The first-order chi connectivity index (χ1) is 12.4. The Bertz CT molecular complexity index is 1170. The molecule has 0 aliphatic rings. The molecule has 2 aromatic carbocycles. The van der Waals surface area contributed by atoms with Gasteiger partial charge in [0.15, 0.2) is 0 Å². The number of para-hydroxylation sites is 2. The van der Waals surface area contributed by atoms with E-state index in [1.807, 2.05) is 16.9 Å². The monoisotopic (exact) mass is 327 g/mol. The van der Waals surface area contributed by atoms with Crippen molar-refractivity contribution in [3.8, 4) is 0 Å². The maximum absolute atomic E-state index is 4.66. The van der Waals surface area contributed by atoms with Crippen molar-refractivity contribution in [3.63, 3.8) is 0 Å². The van der Waals surface area contributed by atoms with Crippen LogP contribution in [-0.2, 0) is 13.1 Å². The highest BCUT2D eigenvalue weighted by atomic mass is 15.3. The normalized spacial score (nSPS) is 11.7. The lowest BCUT2D eigenvalue weighted by Gasteiger charge is -2.09. The molecule has 5 nitrogen and oxygen atoms in total. The van der Waals surface area contributed by atoms with Crippen LogP contribution in [0.1, 0.15) is 6.42 Å². The van der Waals surface area contributed by atoms with Crippen molar-refractivity contribution in [3.05, 3.63) is 67.4 Å². The van der Waals surface area contributed by atoms with E-state index in [4.69, 9.17) is 0 Å². The first-order valence-electron chi connectivity index (χ1n) is 8.49. The van der Waals surface area contributed by atoms with Crippen LogP contribution in [0.4, 0.5) is 0 Å². The molecule has 0 atom stereocenters. The van der Waals surface area contributed by atoms with Gasteiger partial charge in [0, 0.05) is 41.0 Å². The summed E-state index contributed by atoms with van der Waals surface area (Å²) in [6, 6.07) is 16.9. The second-order valence-corrected chi connectivity index (χ2v) is 6.22. The zero-order valence-corrected chi connectivity index (χ0v) is 13.7. The minimum Gasteiger partial charge on any atom is -0.340 e. The Kier molecular flexibility index (Phi) is 3.23. The molecular weight excluding hydrogens is 310 g/mol. The van der Waals surface area contributed by atoms with E-state index >= 15 is 0 Å². The Hall–Kier alpha value is -3.21. The van der Waals surface area contributed by atoms with Gasteiger partial charge in [-0.15, -0.1) is 0 Å². The lowest BCUT2D eigenvalue weighted by Crippen LogP contribution is -2.04. The van der Waals surface area contributed by atoms with Gasteiger partial charge in [0.25, 0.3) is 0 Å². The number of rotatable bonds is 4. The number of hydrogen-bond donors (Lipinski definition) is 0. The largest absolute Gasteiger partial charge is 0.340 e. The van der Waals surface area contributed by atoms with Gasteiger partial charge in [-0.2, -0.15) is 5.10 Å². The molecule has 0 aliphatic carbocycles. The maximum Gasteiger partial charge on any atom is 0.137 e. The minimum atomic E-state index is 0.858. The first-order valence-corrected chi connectivity index (χ1v) is 8.49.